The Morgan fingerprint density at radius 2 is 2.08 bits per heavy atom. The van der Waals surface area contributed by atoms with E-state index in [4.69, 9.17) is 24.3 Å². The number of aliphatic hydroxyl groups is 2. The number of fused-ring (bicyclic) bond motifs is 1. The molecule has 17 heteroatoms. The minimum Gasteiger partial charge on any atom is -0.465 e. The number of hydrogen-bond donors (Lipinski definition) is 5. The van der Waals surface area contributed by atoms with Gasteiger partial charge in [-0.3, -0.25) is 13.9 Å². The molecule has 0 spiro atoms. The number of nitrogens with two attached hydrogens (primary N) is 1. The SMILES string of the molecule is CCOC(=O)C(C)N[P@](=O)(OC[C@H]1O[C@@H](n2cnc3c(NC)nc(N)nc32)[C@@](F)(CO)[C@@H]1O)Oc1ccccc1. The number of imidazole rings is 1. The molecule has 1 aliphatic heterocycles. The van der Waals surface area contributed by atoms with Crippen molar-refractivity contribution < 1.29 is 42.5 Å². The second-order valence-electron chi connectivity index (χ2n) is 8.86. The first kappa shape index (κ1) is 29.6. The lowest BCUT2D eigenvalue weighted by Gasteiger charge is -2.27. The molecule has 1 aliphatic rings. The molecule has 0 saturated carbocycles. The van der Waals surface area contributed by atoms with E-state index in [0.717, 1.165) is 4.57 Å². The number of hydrogen-bond acceptors (Lipinski definition) is 13. The van der Waals surface area contributed by atoms with E-state index in [2.05, 4.69) is 25.4 Å². The largest absolute Gasteiger partial charge is 0.465 e. The van der Waals surface area contributed by atoms with Gasteiger partial charge in [-0.25, -0.2) is 13.9 Å². The molecule has 218 valence electrons. The average molecular weight is 584 g/mol. The van der Waals surface area contributed by atoms with Crippen LogP contribution in [0.5, 0.6) is 5.75 Å². The number of esters is 1. The number of nitrogens with zero attached hydrogens (tertiary/aromatic N) is 4. The Kier molecular flexibility index (Phi) is 8.87. The molecule has 6 atom stereocenters. The first-order chi connectivity index (χ1) is 19.0. The van der Waals surface area contributed by atoms with Gasteiger partial charge in [-0.1, -0.05) is 18.2 Å². The van der Waals surface area contributed by atoms with Crippen molar-refractivity contribution in [1.29, 1.82) is 0 Å². The summed E-state index contributed by atoms with van der Waals surface area (Å²) in [5.74, 6) is -0.421. The molecule has 3 heterocycles. The average Bonchev–Trinajstić information content (AvgIpc) is 3.46. The molecule has 2 aromatic heterocycles. The quantitative estimate of drug-likeness (QED) is 0.150. The number of rotatable bonds is 12. The molecule has 4 rings (SSSR count). The Bertz CT molecular complexity index is 1380. The van der Waals surface area contributed by atoms with Gasteiger partial charge in [0.2, 0.25) is 11.6 Å². The molecule has 0 radical (unpaired) electrons. The molecule has 0 amide bonds. The maximum Gasteiger partial charge on any atom is 0.459 e. The minimum absolute atomic E-state index is 0.0779. The summed E-state index contributed by atoms with van der Waals surface area (Å²) in [6.07, 6.45) is -3.83. The number of carbonyl (C=O) groups is 1. The smallest absolute Gasteiger partial charge is 0.459 e. The van der Waals surface area contributed by atoms with Gasteiger partial charge in [0.05, 0.1) is 26.1 Å². The summed E-state index contributed by atoms with van der Waals surface area (Å²) in [6.45, 7) is 1.29. The fraction of sp³-hybridized carbons (Fsp3) is 0.478. The summed E-state index contributed by atoms with van der Waals surface area (Å²) < 4.78 is 52.8. The first-order valence-corrected chi connectivity index (χ1v) is 13.8. The van der Waals surface area contributed by atoms with E-state index in [1.54, 1.807) is 32.2 Å². The lowest BCUT2D eigenvalue weighted by molar-refractivity contribution is -0.144. The third-order valence-electron chi connectivity index (χ3n) is 6.10. The fourth-order valence-electron chi connectivity index (χ4n) is 4.13. The van der Waals surface area contributed by atoms with E-state index >= 15 is 4.39 Å². The van der Waals surface area contributed by atoms with Gasteiger partial charge in [-0.15, -0.1) is 0 Å². The van der Waals surface area contributed by atoms with E-state index in [1.165, 1.54) is 25.4 Å². The lowest BCUT2D eigenvalue weighted by Crippen LogP contribution is -2.46. The Hall–Kier alpha value is -3.40. The number of nitrogens with one attached hydrogen (secondary N) is 2. The number of aliphatic hydroxyl groups excluding tert-OH is 2. The van der Waals surface area contributed by atoms with Crippen molar-refractivity contribution in [2.24, 2.45) is 0 Å². The van der Waals surface area contributed by atoms with Gasteiger partial charge in [0.15, 0.2) is 23.2 Å². The van der Waals surface area contributed by atoms with E-state index in [-0.39, 0.29) is 35.3 Å². The molecule has 3 aromatic rings. The van der Waals surface area contributed by atoms with Gasteiger partial charge >= 0.3 is 13.7 Å². The number of aromatic nitrogens is 4. The van der Waals surface area contributed by atoms with E-state index in [0.29, 0.717) is 0 Å². The zero-order chi connectivity index (χ0) is 29.1. The third-order valence-corrected chi connectivity index (χ3v) is 7.74. The van der Waals surface area contributed by atoms with Crippen LogP contribution in [0.1, 0.15) is 20.1 Å². The second-order valence-corrected chi connectivity index (χ2v) is 10.6. The van der Waals surface area contributed by atoms with Crippen LogP contribution < -0.4 is 20.7 Å². The Morgan fingerprint density at radius 1 is 1.35 bits per heavy atom. The standard InChI is InChI=1S/C23H31FN7O8P/c1-4-36-20(34)13(2)30-40(35,39-14-8-6-5-7-9-14)37-10-15-17(33)23(24,11-32)21(38-15)31-12-27-16-18(26-3)28-22(25)29-19(16)31/h5-9,12-13,15,17,21,32-33H,4,10-11H2,1-3H3,(H,30,35)(H3,25,26,28,29)/t13?,15-,17-,21-,23-,40+/m1/s1. The number of alkyl halides is 1. The van der Waals surface area contributed by atoms with Crippen LogP contribution in [0.2, 0.25) is 0 Å². The van der Waals surface area contributed by atoms with E-state index < -0.39 is 57.1 Å². The molecule has 6 N–H and O–H groups in total. The molecule has 40 heavy (non-hydrogen) atoms. The highest BCUT2D eigenvalue weighted by Gasteiger charge is 2.59. The maximum atomic E-state index is 16.1. The van der Waals surface area contributed by atoms with E-state index in [9.17, 15) is 19.6 Å². The van der Waals surface area contributed by atoms with Crippen molar-refractivity contribution in [1.82, 2.24) is 24.6 Å². The van der Waals surface area contributed by atoms with Crippen LogP contribution in [0.15, 0.2) is 36.7 Å². The predicted molar refractivity (Wildman–Crippen MR) is 140 cm³/mol. The van der Waals surface area contributed by atoms with Crippen molar-refractivity contribution in [2.75, 3.05) is 37.9 Å². The van der Waals surface area contributed by atoms with Gasteiger partial charge in [0, 0.05) is 7.05 Å². The Morgan fingerprint density at radius 3 is 2.73 bits per heavy atom. The highest BCUT2D eigenvalue weighted by molar-refractivity contribution is 7.52. The first-order valence-electron chi connectivity index (χ1n) is 12.3. The number of para-hydroxylation sites is 1. The maximum absolute atomic E-state index is 16.1. The van der Waals surface area contributed by atoms with Crippen LogP contribution >= 0.6 is 7.75 Å². The highest BCUT2D eigenvalue weighted by atomic mass is 31.2. The fourth-order valence-corrected chi connectivity index (χ4v) is 5.63. The zero-order valence-corrected chi connectivity index (χ0v) is 22.8. The van der Waals surface area contributed by atoms with Crippen molar-refractivity contribution in [3.8, 4) is 5.75 Å². The van der Waals surface area contributed by atoms with Gasteiger partial charge < -0.3 is 35.3 Å². The number of ether oxygens (including phenoxy) is 2. The topological polar surface area (TPSA) is 205 Å². The summed E-state index contributed by atoms with van der Waals surface area (Å²) in [6, 6.07) is 6.89. The van der Waals surface area contributed by atoms with Gasteiger partial charge in [0.25, 0.3) is 0 Å². The molecule has 1 saturated heterocycles. The Labute approximate surface area is 228 Å². The monoisotopic (exact) mass is 583 g/mol. The van der Waals surface area contributed by atoms with Crippen LogP contribution in [-0.2, 0) is 23.4 Å². The predicted octanol–water partition coefficient (Wildman–Crippen LogP) is 1.15. The number of halogens is 1. The summed E-state index contributed by atoms with van der Waals surface area (Å²) in [5, 5.41) is 26.1. The van der Waals surface area contributed by atoms with Crippen molar-refractivity contribution in [3.63, 3.8) is 0 Å². The van der Waals surface area contributed by atoms with Gasteiger partial charge in [0.1, 0.15) is 24.0 Å². The summed E-state index contributed by atoms with van der Waals surface area (Å²) in [4.78, 5) is 24.5. The molecular formula is C23H31FN7O8P. The van der Waals surface area contributed by atoms with Crippen molar-refractivity contribution in [3.05, 3.63) is 36.7 Å². The molecule has 1 unspecified atom stereocenters. The van der Waals surface area contributed by atoms with Crippen LogP contribution in [0.4, 0.5) is 16.2 Å². The Balaban J connectivity index is 1.59. The lowest BCUT2D eigenvalue weighted by atomic mass is 9.97. The van der Waals surface area contributed by atoms with Crippen LogP contribution in [0.25, 0.3) is 11.2 Å². The number of benzene rings is 1. The van der Waals surface area contributed by atoms with Crippen molar-refractivity contribution >= 4 is 36.6 Å². The third kappa shape index (κ3) is 5.87. The number of nitrogen functional groups attached to an aromatic ring is 1. The van der Waals surface area contributed by atoms with Crippen molar-refractivity contribution in [2.45, 2.75) is 44.0 Å². The number of carbonyl (C=O) groups excluding carboxylic acids is 1. The molecule has 1 fully saturated rings. The normalized spacial score (nSPS) is 24.9. The molecule has 1 aromatic carbocycles. The summed E-state index contributed by atoms with van der Waals surface area (Å²) >= 11 is 0. The van der Waals surface area contributed by atoms with Gasteiger partial charge in [-0.2, -0.15) is 15.1 Å². The van der Waals surface area contributed by atoms with Crippen LogP contribution in [-0.4, -0.2) is 86.5 Å². The second kappa shape index (κ2) is 12.0. The molecule has 0 aliphatic carbocycles. The molecular weight excluding hydrogens is 552 g/mol. The highest BCUT2D eigenvalue weighted by Crippen LogP contribution is 2.48. The minimum atomic E-state index is -4.33. The number of anilines is 2. The zero-order valence-electron chi connectivity index (χ0n) is 21.9. The summed E-state index contributed by atoms with van der Waals surface area (Å²) in [5.41, 5.74) is 3.35. The molecule has 15 nitrogen and oxygen atoms in total. The summed E-state index contributed by atoms with van der Waals surface area (Å²) in [7, 11) is -2.75. The van der Waals surface area contributed by atoms with Crippen LogP contribution in [0, 0.1) is 0 Å². The molecule has 0 bridgehead atoms. The van der Waals surface area contributed by atoms with E-state index in [1.807, 2.05) is 0 Å². The van der Waals surface area contributed by atoms with Crippen LogP contribution in [0.3, 0.4) is 0 Å². The van der Waals surface area contributed by atoms with Gasteiger partial charge in [-0.05, 0) is 26.0 Å².